The first kappa shape index (κ1) is 29.6. The second-order valence-electron chi connectivity index (χ2n) is 11.8. The van der Waals surface area contributed by atoms with E-state index in [2.05, 4.69) is 50.0 Å². The number of hydrogen-bond donors (Lipinski definition) is 1. The molecule has 1 N–H and O–H groups in total. The molecule has 2 unspecified atom stereocenters. The standard InChI is InChI=1S/C34H37FN2O4Si/c1-24-22-37(33(39)36-31(24)38)32-30(35)28(21-20-25-14-8-5-9-15-25)29(41-32)23-40-42(34(2,3)4,26-16-10-6-11-17-26)27-18-12-7-13-19-27/h5-22,28-30,32H,23H2,1-4H3,(H,36,38,39)/b21-20+/t28-,29?,30-,32?/m1/s1. The number of nitrogens with one attached hydrogen (secondary N) is 1. The molecule has 1 aliphatic heterocycles. The highest BCUT2D eigenvalue weighted by molar-refractivity contribution is 6.99. The molecular weight excluding hydrogens is 547 g/mol. The first-order chi connectivity index (χ1) is 20.1. The van der Waals surface area contributed by atoms with E-state index >= 15 is 4.39 Å². The summed E-state index contributed by atoms with van der Waals surface area (Å²) >= 11 is 0. The average Bonchev–Trinajstić information content (AvgIpc) is 3.29. The number of hydrogen-bond acceptors (Lipinski definition) is 4. The van der Waals surface area contributed by atoms with Gasteiger partial charge < -0.3 is 9.16 Å². The van der Waals surface area contributed by atoms with Crippen LogP contribution in [0.25, 0.3) is 6.08 Å². The van der Waals surface area contributed by atoms with Crippen LogP contribution in [0.1, 0.15) is 38.1 Å². The van der Waals surface area contributed by atoms with Crippen LogP contribution in [0.15, 0.2) is 113 Å². The first-order valence-electron chi connectivity index (χ1n) is 14.2. The molecule has 1 fully saturated rings. The summed E-state index contributed by atoms with van der Waals surface area (Å²) in [5.74, 6) is -0.701. The zero-order chi connectivity index (χ0) is 29.9. The van der Waals surface area contributed by atoms with Gasteiger partial charge in [-0.25, -0.2) is 9.18 Å². The zero-order valence-corrected chi connectivity index (χ0v) is 25.4. The predicted molar refractivity (Wildman–Crippen MR) is 167 cm³/mol. The Labute approximate surface area is 246 Å². The lowest BCUT2D eigenvalue weighted by Crippen LogP contribution is -2.67. The Balaban J connectivity index is 1.56. The van der Waals surface area contributed by atoms with E-state index in [0.29, 0.717) is 5.56 Å². The van der Waals surface area contributed by atoms with Crippen LogP contribution in [0.5, 0.6) is 0 Å². The van der Waals surface area contributed by atoms with Crippen LogP contribution < -0.4 is 21.6 Å². The summed E-state index contributed by atoms with van der Waals surface area (Å²) < 4.78 is 30.9. The van der Waals surface area contributed by atoms with Gasteiger partial charge in [-0.2, -0.15) is 0 Å². The van der Waals surface area contributed by atoms with Crippen molar-refractivity contribution in [2.75, 3.05) is 6.61 Å². The lowest BCUT2D eigenvalue weighted by Gasteiger charge is -2.43. The molecule has 0 radical (unpaired) electrons. The third-order valence-corrected chi connectivity index (χ3v) is 13.0. The van der Waals surface area contributed by atoms with E-state index in [1.807, 2.05) is 78.9 Å². The van der Waals surface area contributed by atoms with E-state index in [-0.39, 0.29) is 11.6 Å². The number of rotatable bonds is 8. The van der Waals surface area contributed by atoms with Gasteiger partial charge in [0, 0.05) is 17.7 Å². The van der Waals surface area contributed by atoms with Crippen molar-refractivity contribution in [3.8, 4) is 0 Å². The molecule has 0 aliphatic carbocycles. The van der Waals surface area contributed by atoms with Gasteiger partial charge in [0.05, 0.1) is 12.7 Å². The van der Waals surface area contributed by atoms with Crippen molar-refractivity contribution in [1.82, 2.24) is 9.55 Å². The average molecular weight is 585 g/mol. The minimum absolute atomic E-state index is 0.116. The van der Waals surface area contributed by atoms with Crippen LogP contribution in [-0.4, -0.2) is 36.8 Å². The first-order valence-corrected chi connectivity index (χ1v) is 16.1. The summed E-state index contributed by atoms with van der Waals surface area (Å²) in [6, 6.07) is 30.1. The van der Waals surface area contributed by atoms with Gasteiger partial charge in [-0.15, -0.1) is 0 Å². The fraction of sp³-hybridized carbons (Fsp3) is 0.294. The van der Waals surface area contributed by atoms with Gasteiger partial charge in [-0.1, -0.05) is 124 Å². The van der Waals surface area contributed by atoms with Gasteiger partial charge in [0.15, 0.2) is 12.4 Å². The number of aromatic nitrogens is 2. The van der Waals surface area contributed by atoms with Crippen LogP contribution in [0, 0.1) is 12.8 Å². The number of nitrogens with zero attached hydrogens (tertiary/aromatic N) is 1. The Morgan fingerprint density at radius 2 is 1.48 bits per heavy atom. The third-order valence-electron chi connectivity index (χ3n) is 8.00. The fourth-order valence-corrected chi connectivity index (χ4v) is 10.4. The summed E-state index contributed by atoms with van der Waals surface area (Å²) in [5, 5.41) is 1.95. The molecule has 8 heteroatoms. The molecule has 6 nitrogen and oxygen atoms in total. The molecule has 5 rings (SSSR count). The quantitative estimate of drug-likeness (QED) is 0.297. The minimum Gasteiger partial charge on any atom is -0.405 e. The molecule has 0 spiro atoms. The maximum Gasteiger partial charge on any atom is 0.330 e. The highest BCUT2D eigenvalue weighted by Crippen LogP contribution is 2.40. The van der Waals surface area contributed by atoms with Crippen molar-refractivity contribution in [2.45, 2.75) is 51.2 Å². The van der Waals surface area contributed by atoms with E-state index in [0.717, 1.165) is 20.5 Å². The Bertz CT molecular complexity index is 1590. The molecule has 3 aromatic carbocycles. The maximum absolute atomic E-state index is 16.3. The van der Waals surface area contributed by atoms with Gasteiger partial charge in [0.1, 0.15) is 0 Å². The number of H-pyrrole nitrogens is 1. The molecule has 4 atom stereocenters. The van der Waals surface area contributed by atoms with Gasteiger partial charge in [-0.05, 0) is 27.9 Å². The molecular formula is C34H37FN2O4Si. The van der Waals surface area contributed by atoms with Crippen LogP contribution in [0.3, 0.4) is 0 Å². The minimum atomic E-state index is -2.93. The molecule has 0 saturated carbocycles. The van der Waals surface area contributed by atoms with E-state index < -0.39 is 44.0 Å². The highest BCUT2D eigenvalue weighted by Gasteiger charge is 2.52. The molecule has 4 aromatic rings. The Hall–Kier alpha value is -3.85. The molecule has 1 saturated heterocycles. The van der Waals surface area contributed by atoms with Crippen LogP contribution in [-0.2, 0) is 9.16 Å². The Morgan fingerprint density at radius 3 is 2.02 bits per heavy atom. The molecule has 218 valence electrons. The van der Waals surface area contributed by atoms with Crippen LogP contribution >= 0.6 is 0 Å². The zero-order valence-electron chi connectivity index (χ0n) is 24.4. The highest BCUT2D eigenvalue weighted by atomic mass is 28.4. The van der Waals surface area contributed by atoms with Crippen molar-refractivity contribution in [3.05, 3.63) is 135 Å². The van der Waals surface area contributed by atoms with E-state index in [1.165, 1.54) is 6.20 Å². The summed E-state index contributed by atoms with van der Waals surface area (Å²) in [7, 11) is -2.93. The molecule has 0 bridgehead atoms. The summed E-state index contributed by atoms with van der Waals surface area (Å²) in [6.45, 7) is 8.25. The van der Waals surface area contributed by atoms with Crippen LogP contribution in [0.2, 0.25) is 5.04 Å². The number of alkyl halides is 1. The molecule has 0 amide bonds. The Kier molecular flexibility index (Phi) is 8.59. The molecule has 2 heterocycles. The number of halogens is 1. The van der Waals surface area contributed by atoms with E-state index in [4.69, 9.17) is 9.16 Å². The van der Waals surface area contributed by atoms with Crippen molar-refractivity contribution in [1.29, 1.82) is 0 Å². The maximum atomic E-state index is 16.3. The number of aromatic amines is 1. The molecule has 1 aromatic heterocycles. The van der Waals surface area contributed by atoms with Gasteiger partial charge in [0.2, 0.25) is 0 Å². The largest absolute Gasteiger partial charge is 0.405 e. The smallest absolute Gasteiger partial charge is 0.330 e. The SMILES string of the molecule is Cc1cn(C2OC(CO[Si](c3ccccc3)(c3ccccc3)C(C)(C)C)[C@@H](/C=C/c3ccccc3)[C@H]2F)c(=O)[nH]c1=O. The monoisotopic (exact) mass is 584 g/mol. The second-order valence-corrected chi connectivity index (χ2v) is 16.1. The topological polar surface area (TPSA) is 73.3 Å². The molecule has 42 heavy (non-hydrogen) atoms. The lowest BCUT2D eigenvalue weighted by molar-refractivity contribution is -0.0387. The third kappa shape index (κ3) is 5.75. The van der Waals surface area contributed by atoms with Crippen LogP contribution in [0.4, 0.5) is 4.39 Å². The normalized spacial score (nSPS) is 21.2. The number of ether oxygens (including phenoxy) is 1. The van der Waals surface area contributed by atoms with E-state index in [1.54, 1.807) is 6.92 Å². The van der Waals surface area contributed by atoms with Crippen molar-refractivity contribution in [3.63, 3.8) is 0 Å². The summed E-state index contributed by atoms with van der Waals surface area (Å²) in [6.07, 6.45) is 1.59. The number of aryl methyl sites for hydroxylation is 1. The second kappa shape index (κ2) is 12.2. The number of benzene rings is 3. The Morgan fingerprint density at radius 1 is 0.929 bits per heavy atom. The van der Waals surface area contributed by atoms with Gasteiger partial charge in [-0.3, -0.25) is 14.3 Å². The summed E-state index contributed by atoms with van der Waals surface area (Å²) in [4.78, 5) is 27.1. The van der Waals surface area contributed by atoms with Gasteiger partial charge >= 0.3 is 5.69 Å². The van der Waals surface area contributed by atoms with E-state index in [9.17, 15) is 9.59 Å². The van der Waals surface area contributed by atoms with Crippen molar-refractivity contribution in [2.24, 2.45) is 5.92 Å². The summed E-state index contributed by atoms with van der Waals surface area (Å²) in [5.41, 5.74) is 0.0139. The molecule has 1 aliphatic rings. The van der Waals surface area contributed by atoms with Crippen molar-refractivity contribution < 1.29 is 13.6 Å². The van der Waals surface area contributed by atoms with Crippen molar-refractivity contribution >= 4 is 24.8 Å². The van der Waals surface area contributed by atoms with Gasteiger partial charge in [0.25, 0.3) is 13.9 Å². The fourth-order valence-electron chi connectivity index (χ4n) is 5.87. The lowest BCUT2D eigenvalue weighted by atomic mass is 9.97. The predicted octanol–water partition coefficient (Wildman–Crippen LogP) is 4.99.